The summed E-state index contributed by atoms with van der Waals surface area (Å²) in [5.74, 6) is 1.91. The molecule has 2 heterocycles. The van der Waals surface area contributed by atoms with E-state index in [0.29, 0.717) is 34.7 Å². The molecule has 0 atom stereocenters. The van der Waals surface area contributed by atoms with Crippen LogP contribution in [0.3, 0.4) is 0 Å². The third-order valence-corrected chi connectivity index (χ3v) is 3.48. The van der Waals surface area contributed by atoms with Crippen molar-refractivity contribution in [2.75, 3.05) is 5.32 Å². The highest BCUT2D eigenvalue weighted by Gasteiger charge is 2.12. The van der Waals surface area contributed by atoms with Crippen LogP contribution >= 0.6 is 11.6 Å². The summed E-state index contributed by atoms with van der Waals surface area (Å²) in [4.78, 5) is 16.0. The molecule has 0 aliphatic heterocycles. The van der Waals surface area contributed by atoms with Crippen molar-refractivity contribution in [1.82, 2.24) is 10.1 Å². The van der Waals surface area contributed by atoms with Crippen LogP contribution < -0.4 is 5.32 Å². The second-order valence-corrected chi connectivity index (χ2v) is 5.38. The van der Waals surface area contributed by atoms with Crippen LogP contribution in [0.4, 0.5) is 5.82 Å². The van der Waals surface area contributed by atoms with E-state index < -0.39 is 0 Å². The van der Waals surface area contributed by atoms with E-state index in [0.717, 1.165) is 5.56 Å². The summed E-state index contributed by atoms with van der Waals surface area (Å²) in [6, 6.07) is 9.01. The summed E-state index contributed by atoms with van der Waals surface area (Å²) in [6.45, 7) is 1.76. The zero-order valence-corrected chi connectivity index (χ0v) is 13.1. The van der Waals surface area contributed by atoms with Gasteiger partial charge >= 0.3 is 0 Å². The number of carbonyl (C=O) groups excluding carboxylic acids is 1. The average molecular weight is 332 g/mol. The largest absolute Gasteiger partial charge is 0.441 e. The molecule has 23 heavy (non-hydrogen) atoms. The molecule has 0 fully saturated rings. The quantitative estimate of drug-likeness (QED) is 0.767. The molecule has 3 rings (SSSR count). The number of rotatable bonds is 5. The van der Waals surface area contributed by atoms with Gasteiger partial charge in [-0.1, -0.05) is 28.9 Å². The van der Waals surface area contributed by atoms with Gasteiger partial charge in [0.25, 0.3) is 0 Å². The summed E-state index contributed by atoms with van der Waals surface area (Å²) in [6.07, 6.45) is 2.22. The third kappa shape index (κ3) is 3.78. The Morgan fingerprint density at radius 3 is 2.91 bits per heavy atom. The zero-order chi connectivity index (χ0) is 16.2. The summed E-state index contributed by atoms with van der Waals surface area (Å²) < 4.78 is 10.5. The van der Waals surface area contributed by atoms with Gasteiger partial charge in [0.15, 0.2) is 17.5 Å². The SMILES string of the molecule is Cc1cc(NC(=O)CCc2ncc(-c3ccccc3Cl)o2)no1. The Hall–Kier alpha value is -2.60. The number of oxazole rings is 1. The monoisotopic (exact) mass is 331 g/mol. The van der Waals surface area contributed by atoms with Gasteiger partial charge in [0.2, 0.25) is 5.91 Å². The first kappa shape index (κ1) is 15.3. The maximum Gasteiger partial charge on any atom is 0.226 e. The van der Waals surface area contributed by atoms with Crippen LogP contribution in [0.15, 0.2) is 45.5 Å². The molecule has 0 bridgehead atoms. The fraction of sp³-hybridized carbons (Fsp3) is 0.188. The molecule has 0 aliphatic rings. The van der Waals surface area contributed by atoms with Crippen molar-refractivity contribution < 1.29 is 13.7 Å². The Bertz CT molecular complexity index is 825. The highest BCUT2D eigenvalue weighted by molar-refractivity contribution is 6.33. The Balaban J connectivity index is 1.59. The number of anilines is 1. The molecule has 0 saturated carbocycles. The van der Waals surface area contributed by atoms with Crippen molar-refractivity contribution in [3.05, 3.63) is 53.2 Å². The van der Waals surface area contributed by atoms with Crippen LogP contribution in [-0.4, -0.2) is 16.0 Å². The Morgan fingerprint density at radius 2 is 2.17 bits per heavy atom. The average Bonchev–Trinajstić information content (AvgIpc) is 3.15. The molecule has 3 aromatic rings. The minimum Gasteiger partial charge on any atom is -0.441 e. The number of hydrogen-bond acceptors (Lipinski definition) is 5. The molecule has 1 aromatic carbocycles. The van der Waals surface area contributed by atoms with Gasteiger partial charge in [-0.3, -0.25) is 4.79 Å². The lowest BCUT2D eigenvalue weighted by Crippen LogP contribution is -2.12. The maximum absolute atomic E-state index is 11.8. The number of aryl methyl sites for hydroxylation is 2. The van der Waals surface area contributed by atoms with Crippen molar-refractivity contribution in [2.45, 2.75) is 19.8 Å². The first-order valence-corrected chi connectivity index (χ1v) is 7.42. The molecule has 0 saturated heterocycles. The van der Waals surface area contributed by atoms with E-state index in [4.69, 9.17) is 20.5 Å². The van der Waals surface area contributed by atoms with E-state index in [1.165, 1.54) is 0 Å². The highest BCUT2D eigenvalue weighted by Crippen LogP contribution is 2.28. The molecule has 0 spiro atoms. The highest BCUT2D eigenvalue weighted by atomic mass is 35.5. The molecule has 1 amide bonds. The summed E-state index contributed by atoms with van der Waals surface area (Å²) in [7, 11) is 0. The van der Waals surface area contributed by atoms with Crippen LogP contribution in [0.1, 0.15) is 18.1 Å². The Morgan fingerprint density at radius 1 is 1.35 bits per heavy atom. The van der Waals surface area contributed by atoms with Gasteiger partial charge in [0.1, 0.15) is 5.76 Å². The fourth-order valence-electron chi connectivity index (χ4n) is 2.06. The van der Waals surface area contributed by atoms with Crippen LogP contribution in [-0.2, 0) is 11.2 Å². The van der Waals surface area contributed by atoms with Gasteiger partial charge in [0, 0.05) is 24.5 Å². The van der Waals surface area contributed by atoms with Crippen LogP contribution in [0.5, 0.6) is 0 Å². The lowest BCUT2D eigenvalue weighted by Gasteiger charge is -2.00. The molecule has 6 nitrogen and oxygen atoms in total. The summed E-state index contributed by atoms with van der Waals surface area (Å²) in [5.41, 5.74) is 0.774. The molecule has 0 aliphatic carbocycles. The maximum atomic E-state index is 11.8. The van der Waals surface area contributed by atoms with Gasteiger partial charge in [0.05, 0.1) is 11.2 Å². The minimum absolute atomic E-state index is 0.184. The van der Waals surface area contributed by atoms with Crippen molar-refractivity contribution in [2.24, 2.45) is 0 Å². The number of nitrogens with one attached hydrogen (secondary N) is 1. The number of benzene rings is 1. The van der Waals surface area contributed by atoms with Crippen molar-refractivity contribution in [3.8, 4) is 11.3 Å². The fourth-order valence-corrected chi connectivity index (χ4v) is 2.29. The molecule has 1 N–H and O–H groups in total. The Kier molecular flexibility index (Phi) is 4.43. The van der Waals surface area contributed by atoms with E-state index in [9.17, 15) is 4.79 Å². The first-order chi connectivity index (χ1) is 11.1. The van der Waals surface area contributed by atoms with E-state index in [1.54, 1.807) is 25.3 Å². The predicted molar refractivity (Wildman–Crippen MR) is 85.1 cm³/mol. The summed E-state index contributed by atoms with van der Waals surface area (Å²) >= 11 is 6.12. The number of amides is 1. The van der Waals surface area contributed by atoms with Crippen LogP contribution in [0.2, 0.25) is 5.02 Å². The second kappa shape index (κ2) is 6.66. The van der Waals surface area contributed by atoms with Crippen molar-refractivity contribution in [3.63, 3.8) is 0 Å². The smallest absolute Gasteiger partial charge is 0.226 e. The minimum atomic E-state index is -0.184. The lowest BCUT2D eigenvalue weighted by atomic mass is 10.2. The molecule has 0 radical (unpaired) electrons. The topological polar surface area (TPSA) is 81.2 Å². The second-order valence-electron chi connectivity index (χ2n) is 4.97. The van der Waals surface area contributed by atoms with E-state index in [1.807, 2.05) is 18.2 Å². The van der Waals surface area contributed by atoms with Gasteiger partial charge < -0.3 is 14.3 Å². The van der Waals surface area contributed by atoms with E-state index >= 15 is 0 Å². The number of hydrogen-bond donors (Lipinski definition) is 1. The Labute approximate surface area is 137 Å². The van der Waals surface area contributed by atoms with Crippen molar-refractivity contribution in [1.29, 1.82) is 0 Å². The van der Waals surface area contributed by atoms with Gasteiger partial charge in [-0.25, -0.2) is 4.98 Å². The number of nitrogens with zero attached hydrogens (tertiary/aromatic N) is 2. The van der Waals surface area contributed by atoms with E-state index in [2.05, 4.69) is 15.5 Å². The molecule has 7 heteroatoms. The van der Waals surface area contributed by atoms with E-state index in [-0.39, 0.29) is 12.3 Å². The van der Waals surface area contributed by atoms with Gasteiger partial charge in [-0.15, -0.1) is 0 Å². The first-order valence-electron chi connectivity index (χ1n) is 7.04. The molecular formula is C16H14ClN3O3. The number of halogens is 1. The summed E-state index contributed by atoms with van der Waals surface area (Å²) in [5, 5.41) is 6.94. The predicted octanol–water partition coefficient (Wildman–Crippen LogP) is 3.86. The zero-order valence-electron chi connectivity index (χ0n) is 12.4. The molecule has 2 aromatic heterocycles. The van der Waals surface area contributed by atoms with Gasteiger partial charge in [-0.2, -0.15) is 0 Å². The lowest BCUT2D eigenvalue weighted by molar-refractivity contribution is -0.116. The number of carbonyl (C=O) groups is 1. The molecule has 0 unspecified atom stereocenters. The van der Waals surface area contributed by atoms with Crippen LogP contribution in [0.25, 0.3) is 11.3 Å². The standard InChI is InChI=1S/C16H14ClN3O3/c1-10-8-14(20-23-10)19-15(21)6-7-16-18-9-13(22-16)11-4-2-3-5-12(11)17/h2-5,8-9H,6-7H2,1H3,(H,19,20,21). The third-order valence-electron chi connectivity index (χ3n) is 3.15. The molecular weight excluding hydrogens is 318 g/mol. The molecule has 118 valence electrons. The van der Waals surface area contributed by atoms with Crippen LogP contribution in [0, 0.1) is 6.92 Å². The number of aromatic nitrogens is 2. The van der Waals surface area contributed by atoms with Gasteiger partial charge in [-0.05, 0) is 19.1 Å². The van der Waals surface area contributed by atoms with Crippen molar-refractivity contribution >= 4 is 23.3 Å². The normalized spacial score (nSPS) is 10.7.